The molecule has 2 N–H and O–H groups in total. The molecule has 2 aliphatic rings. The van der Waals surface area contributed by atoms with Gasteiger partial charge in [-0.3, -0.25) is 9.69 Å². The lowest BCUT2D eigenvalue weighted by atomic mass is 9.73. The van der Waals surface area contributed by atoms with Gasteiger partial charge in [0.2, 0.25) is 5.91 Å². The molecule has 0 aromatic heterocycles. The fourth-order valence-corrected chi connectivity index (χ4v) is 3.33. The second-order valence-electron chi connectivity index (χ2n) is 5.65. The lowest BCUT2D eigenvalue weighted by Gasteiger charge is -2.40. The maximum atomic E-state index is 12.4. The highest BCUT2D eigenvalue weighted by Gasteiger charge is 2.48. The quantitative estimate of drug-likeness (QED) is 0.844. The molecular formula is C15H20N2O2. The average Bonchev–Trinajstić information content (AvgIpc) is 2.72. The Kier molecular flexibility index (Phi) is 3.07. The highest BCUT2D eigenvalue weighted by molar-refractivity contribution is 6.06. The second kappa shape index (κ2) is 4.62. The van der Waals surface area contributed by atoms with Gasteiger partial charge in [0.25, 0.3) is 0 Å². The zero-order valence-electron chi connectivity index (χ0n) is 11.2. The predicted octanol–water partition coefficient (Wildman–Crippen LogP) is 1.35. The minimum absolute atomic E-state index is 0.144. The molecule has 0 bridgehead atoms. The number of amides is 1. The first kappa shape index (κ1) is 12.6. The molecule has 0 aliphatic carbocycles. The molecule has 0 unspecified atom stereocenters. The third kappa shape index (κ3) is 1.86. The second-order valence-corrected chi connectivity index (χ2v) is 5.65. The summed E-state index contributed by atoms with van der Waals surface area (Å²) >= 11 is 0. The van der Waals surface area contributed by atoms with Crippen LogP contribution in [0.2, 0.25) is 0 Å². The number of nitrogens with zero attached hydrogens (tertiary/aromatic N) is 1. The number of para-hydroxylation sites is 1. The first-order valence-corrected chi connectivity index (χ1v) is 6.93. The number of aliphatic hydroxyl groups excluding tert-OH is 1. The molecule has 4 heteroatoms. The molecular weight excluding hydrogens is 240 g/mol. The van der Waals surface area contributed by atoms with Crippen LogP contribution in [0.3, 0.4) is 0 Å². The summed E-state index contributed by atoms with van der Waals surface area (Å²) in [6.45, 7) is 3.93. The fourth-order valence-electron chi connectivity index (χ4n) is 3.33. The molecule has 4 nitrogen and oxygen atoms in total. The molecule has 2 heterocycles. The normalized spacial score (nSPS) is 23.2. The van der Waals surface area contributed by atoms with Crippen molar-refractivity contribution in [1.29, 1.82) is 0 Å². The number of hydrogen-bond acceptors (Lipinski definition) is 3. The van der Waals surface area contributed by atoms with Crippen LogP contribution in [-0.4, -0.2) is 41.7 Å². The van der Waals surface area contributed by atoms with Crippen LogP contribution in [0.25, 0.3) is 0 Å². The first-order chi connectivity index (χ1) is 9.17. The van der Waals surface area contributed by atoms with Gasteiger partial charge in [-0.15, -0.1) is 0 Å². The van der Waals surface area contributed by atoms with Crippen molar-refractivity contribution in [1.82, 2.24) is 4.90 Å². The van der Waals surface area contributed by atoms with Gasteiger partial charge in [-0.2, -0.15) is 0 Å². The van der Waals surface area contributed by atoms with Crippen LogP contribution in [0.5, 0.6) is 0 Å². The van der Waals surface area contributed by atoms with E-state index in [1.54, 1.807) is 0 Å². The number of fused-ring (bicyclic) bond motifs is 2. The van der Waals surface area contributed by atoms with E-state index in [0.29, 0.717) is 0 Å². The predicted molar refractivity (Wildman–Crippen MR) is 74.1 cm³/mol. The van der Waals surface area contributed by atoms with Crippen molar-refractivity contribution in [2.75, 3.05) is 25.0 Å². The molecule has 0 radical (unpaired) electrons. The summed E-state index contributed by atoms with van der Waals surface area (Å²) in [7, 11) is 0. The summed E-state index contributed by atoms with van der Waals surface area (Å²) in [5.74, 6) is 0.144. The van der Waals surface area contributed by atoms with Crippen molar-refractivity contribution in [2.24, 2.45) is 0 Å². The Bertz CT molecular complexity index is 493. The van der Waals surface area contributed by atoms with Crippen molar-refractivity contribution < 1.29 is 9.90 Å². The number of rotatable bonds is 2. The van der Waals surface area contributed by atoms with Crippen LogP contribution in [-0.2, 0) is 10.2 Å². The van der Waals surface area contributed by atoms with E-state index in [-0.39, 0.29) is 24.0 Å². The summed E-state index contributed by atoms with van der Waals surface area (Å²) in [5, 5.41) is 12.2. The van der Waals surface area contributed by atoms with Crippen LogP contribution in [0.15, 0.2) is 24.3 Å². The number of anilines is 1. The number of aliphatic hydroxyl groups is 1. The molecule has 1 atom stereocenters. The van der Waals surface area contributed by atoms with E-state index in [1.807, 2.05) is 25.1 Å². The largest absolute Gasteiger partial charge is 0.395 e. The van der Waals surface area contributed by atoms with Crippen LogP contribution in [0, 0.1) is 0 Å². The van der Waals surface area contributed by atoms with Crippen LogP contribution >= 0.6 is 0 Å². The molecule has 2 aliphatic heterocycles. The summed E-state index contributed by atoms with van der Waals surface area (Å²) in [6, 6.07) is 8.19. The Morgan fingerprint density at radius 1 is 1.37 bits per heavy atom. The number of likely N-dealkylation sites (tertiary alicyclic amines) is 1. The van der Waals surface area contributed by atoms with Gasteiger partial charge in [0.1, 0.15) is 0 Å². The van der Waals surface area contributed by atoms with E-state index < -0.39 is 0 Å². The molecule has 1 amide bonds. The number of benzene rings is 1. The van der Waals surface area contributed by atoms with Crippen LogP contribution in [0.4, 0.5) is 5.69 Å². The highest BCUT2D eigenvalue weighted by atomic mass is 16.3. The standard InChI is InChI=1S/C15H20N2O2/c1-11(10-18)17-8-6-15(7-9-17)12-4-2-3-5-13(12)16-14(15)19/h2-5,11,18H,6-10H2,1H3,(H,16,19)/t11-/m0/s1. The van der Waals surface area contributed by atoms with Crippen LogP contribution < -0.4 is 5.32 Å². The van der Waals surface area contributed by atoms with Gasteiger partial charge in [0.05, 0.1) is 12.0 Å². The van der Waals surface area contributed by atoms with E-state index in [9.17, 15) is 9.90 Å². The zero-order valence-corrected chi connectivity index (χ0v) is 11.2. The van der Waals surface area contributed by atoms with Crippen molar-refractivity contribution in [3.8, 4) is 0 Å². The van der Waals surface area contributed by atoms with Crippen molar-refractivity contribution in [2.45, 2.75) is 31.2 Å². The number of carbonyl (C=O) groups excluding carboxylic acids is 1. The zero-order chi connectivity index (χ0) is 13.5. The molecule has 1 spiro atoms. The number of carbonyl (C=O) groups is 1. The Morgan fingerprint density at radius 2 is 2.05 bits per heavy atom. The minimum Gasteiger partial charge on any atom is -0.395 e. The van der Waals surface area contributed by atoms with Crippen molar-refractivity contribution >= 4 is 11.6 Å². The van der Waals surface area contributed by atoms with E-state index >= 15 is 0 Å². The molecule has 1 saturated heterocycles. The van der Waals surface area contributed by atoms with Gasteiger partial charge in [0.15, 0.2) is 0 Å². The van der Waals surface area contributed by atoms with E-state index in [1.165, 1.54) is 0 Å². The Labute approximate surface area is 113 Å². The van der Waals surface area contributed by atoms with E-state index in [4.69, 9.17) is 0 Å². The molecule has 0 saturated carbocycles. The summed E-state index contributed by atoms with van der Waals surface area (Å²) in [4.78, 5) is 14.6. The molecule has 3 rings (SSSR count). The Morgan fingerprint density at radius 3 is 2.74 bits per heavy atom. The average molecular weight is 260 g/mol. The van der Waals surface area contributed by atoms with Crippen LogP contribution in [0.1, 0.15) is 25.3 Å². The van der Waals surface area contributed by atoms with Gasteiger partial charge in [-0.05, 0) is 44.5 Å². The Hall–Kier alpha value is -1.39. The lowest BCUT2D eigenvalue weighted by Crippen LogP contribution is -2.49. The van der Waals surface area contributed by atoms with Crippen molar-refractivity contribution in [3.63, 3.8) is 0 Å². The van der Waals surface area contributed by atoms with E-state index in [2.05, 4.69) is 16.3 Å². The fraction of sp³-hybridized carbons (Fsp3) is 0.533. The van der Waals surface area contributed by atoms with Gasteiger partial charge in [0, 0.05) is 11.7 Å². The summed E-state index contributed by atoms with van der Waals surface area (Å²) in [6.07, 6.45) is 1.67. The maximum Gasteiger partial charge on any atom is 0.235 e. The smallest absolute Gasteiger partial charge is 0.235 e. The number of hydrogen-bond donors (Lipinski definition) is 2. The maximum absolute atomic E-state index is 12.4. The Balaban J connectivity index is 1.85. The van der Waals surface area contributed by atoms with Gasteiger partial charge in [-0.25, -0.2) is 0 Å². The first-order valence-electron chi connectivity index (χ1n) is 6.93. The van der Waals surface area contributed by atoms with Gasteiger partial charge >= 0.3 is 0 Å². The third-order valence-corrected chi connectivity index (χ3v) is 4.66. The molecule has 19 heavy (non-hydrogen) atoms. The molecule has 1 fully saturated rings. The number of nitrogens with one attached hydrogen (secondary N) is 1. The van der Waals surface area contributed by atoms with E-state index in [0.717, 1.165) is 37.2 Å². The van der Waals surface area contributed by atoms with Crippen molar-refractivity contribution in [3.05, 3.63) is 29.8 Å². The highest BCUT2D eigenvalue weighted by Crippen LogP contribution is 2.44. The lowest BCUT2D eigenvalue weighted by molar-refractivity contribution is -0.122. The molecule has 1 aromatic carbocycles. The molecule has 102 valence electrons. The van der Waals surface area contributed by atoms with Gasteiger partial charge < -0.3 is 10.4 Å². The van der Waals surface area contributed by atoms with Gasteiger partial charge in [-0.1, -0.05) is 18.2 Å². The monoisotopic (exact) mass is 260 g/mol. The summed E-state index contributed by atoms with van der Waals surface area (Å²) < 4.78 is 0. The number of piperidine rings is 1. The third-order valence-electron chi connectivity index (χ3n) is 4.66. The topological polar surface area (TPSA) is 52.6 Å². The SMILES string of the molecule is C[C@@H](CO)N1CCC2(CC1)C(=O)Nc1ccccc12. The minimum atomic E-state index is -0.345. The summed E-state index contributed by atoms with van der Waals surface area (Å²) in [5.41, 5.74) is 1.77. The molecule has 1 aromatic rings.